The van der Waals surface area contributed by atoms with E-state index in [2.05, 4.69) is 14.8 Å². The van der Waals surface area contributed by atoms with E-state index in [9.17, 15) is 13.2 Å². The Hall–Kier alpha value is -2.48. The molecule has 0 unspecified atom stereocenters. The smallest absolute Gasteiger partial charge is 0.266 e. The molecule has 1 fully saturated rings. The number of nitrogens with one attached hydrogen (secondary N) is 1. The molecule has 1 aromatic heterocycles. The fourth-order valence-electron chi connectivity index (χ4n) is 3.49. The maximum Gasteiger partial charge on any atom is 0.266 e. The number of hydrogen-bond acceptors (Lipinski definition) is 5. The maximum absolute atomic E-state index is 12.1. The van der Waals surface area contributed by atoms with E-state index >= 15 is 0 Å². The highest BCUT2D eigenvalue weighted by molar-refractivity contribution is 7.90. The van der Waals surface area contributed by atoms with Gasteiger partial charge in [0.25, 0.3) is 15.6 Å². The van der Waals surface area contributed by atoms with Gasteiger partial charge in [-0.3, -0.25) is 14.5 Å². The zero-order valence-corrected chi connectivity index (χ0v) is 14.3. The van der Waals surface area contributed by atoms with E-state index in [-0.39, 0.29) is 22.5 Å². The average molecular weight is 358 g/mol. The molecule has 2 aliphatic rings. The predicted octanol–water partition coefficient (Wildman–Crippen LogP) is 1.47. The van der Waals surface area contributed by atoms with E-state index in [1.165, 1.54) is 10.7 Å². The lowest BCUT2D eigenvalue weighted by molar-refractivity contribution is 0.296. The number of fused-ring (bicyclic) bond motifs is 1. The monoisotopic (exact) mass is 358 g/mol. The molecule has 8 heteroatoms. The molecule has 0 bridgehead atoms. The van der Waals surface area contributed by atoms with Crippen molar-refractivity contribution in [3.8, 4) is 0 Å². The summed E-state index contributed by atoms with van der Waals surface area (Å²) in [5, 5.41) is 4.16. The van der Waals surface area contributed by atoms with Gasteiger partial charge in [-0.15, -0.1) is 0 Å². The first-order valence-electron chi connectivity index (χ1n) is 8.28. The van der Waals surface area contributed by atoms with Gasteiger partial charge in [0.15, 0.2) is 0 Å². The number of amidine groups is 1. The van der Waals surface area contributed by atoms with Crippen LogP contribution >= 0.6 is 0 Å². The maximum atomic E-state index is 12.1. The van der Waals surface area contributed by atoms with Crippen molar-refractivity contribution in [3.63, 3.8) is 0 Å². The second-order valence-electron chi connectivity index (χ2n) is 6.35. The molecule has 0 atom stereocenters. The lowest BCUT2D eigenvalue weighted by Crippen LogP contribution is -2.31. The Balaban J connectivity index is 1.52. The summed E-state index contributed by atoms with van der Waals surface area (Å²) in [6, 6.07) is 10.1. The Bertz CT molecular complexity index is 989. The normalized spacial score (nSPS) is 26.2. The van der Waals surface area contributed by atoms with Gasteiger partial charge < -0.3 is 0 Å². The molecule has 0 saturated heterocycles. The van der Waals surface area contributed by atoms with Crippen molar-refractivity contribution in [2.75, 3.05) is 0 Å². The topological polar surface area (TPSA) is 93.4 Å². The summed E-state index contributed by atoms with van der Waals surface area (Å²) in [6.45, 7) is 0. The van der Waals surface area contributed by atoms with Crippen LogP contribution in [0, 0.1) is 0 Å². The minimum Gasteiger partial charge on any atom is -0.268 e. The SMILES string of the molecule is O=c1cccnn1C1CCC(N=C2NS(=O)(=O)c3ccccc32)CC1. The van der Waals surface area contributed by atoms with Gasteiger partial charge >= 0.3 is 0 Å². The van der Waals surface area contributed by atoms with Crippen molar-refractivity contribution in [1.29, 1.82) is 0 Å². The van der Waals surface area contributed by atoms with Crippen LogP contribution in [0.4, 0.5) is 0 Å². The first-order chi connectivity index (χ1) is 12.0. The predicted molar refractivity (Wildman–Crippen MR) is 93.1 cm³/mol. The quantitative estimate of drug-likeness (QED) is 0.880. The molecular formula is C17H18N4O3S. The minimum atomic E-state index is -3.50. The van der Waals surface area contributed by atoms with Crippen LogP contribution < -0.4 is 10.3 Å². The van der Waals surface area contributed by atoms with Crippen LogP contribution in [0.5, 0.6) is 0 Å². The van der Waals surface area contributed by atoms with E-state index in [0.717, 1.165) is 25.7 Å². The van der Waals surface area contributed by atoms with Crippen molar-refractivity contribution in [3.05, 3.63) is 58.5 Å². The highest BCUT2D eigenvalue weighted by Crippen LogP contribution is 2.30. The molecule has 0 radical (unpaired) electrons. The summed E-state index contributed by atoms with van der Waals surface area (Å²) in [6.07, 6.45) is 4.81. The third kappa shape index (κ3) is 2.97. The Morgan fingerprint density at radius 1 is 1.08 bits per heavy atom. The number of benzene rings is 1. The van der Waals surface area contributed by atoms with Crippen LogP contribution in [0.1, 0.15) is 37.3 Å². The fraction of sp³-hybridized carbons (Fsp3) is 0.353. The van der Waals surface area contributed by atoms with E-state index in [0.29, 0.717) is 11.4 Å². The van der Waals surface area contributed by atoms with Crippen LogP contribution in [-0.2, 0) is 10.0 Å². The highest BCUT2D eigenvalue weighted by Gasteiger charge is 2.31. The number of aromatic nitrogens is 2. The molecule has 130 valence electrons. The molecule has 2 aromatic rings. The number of rotatable bonds is 2. The summed E-state index contributed by atoms with van der Waals surface area (Å²) in [7, 11) is -3.50. The summed E-state index contributed by atoms with van der Waals surface area (Å²) in [4.78, 5) is 16.8. The molecule has 0 amide bonds. The van der Waals surface area contributed by atoms with Crippen LogP contribution in [0.25, 0.3) is 0 Å². The summed E-state index contributed by atoms with van der Waals surface area (Å²) < 4.78 is 28.4. The molecular weight excluding hydrogens is 340 g/mol. The van der Waals surface area contributed by atoms with E-state index in [1.807, 2.05) is 0 Å². The van der Waals surface area contributed by atoms with Gasteiger partial charge in [-0.1, -0.05) is 12.1 Å². The second kappa shape index (κ2) is 6.11. The third-order valence-corrected chi connectivity index (χ3v) is 6.13. The molecule has 7 nitrogen and oxygen atoms in total. The van der Waals surface area contributed by atoms with Gasteiger partial charge in [-0.2, -0.15) is 5.10 Å². The summed E-state index contributed by atoms with van der Waals surface area (Å²) in [5.41, 5.74) is 0.542. The molecule has 1 saturated carbocycles. The van der Waals surface area contributed by atoms with Gasteiger partial charge in [0.05, 0.1) is 17.0 Å². The molecule has 25 heavy (non-hydrogen) atoms. The number of nitrogens with zero attached hydrogens (tertiary/aromatic N) is 3. The summed E-state index contributed by atoms with van der Waals surface area (Å²) >= 11 is 0. The van der Waals surface area contributed by atoms with Gasteiger partial charge in [0.1, 0.15) is 5.84 Å². The Labute approximate surface area is 145 Å². The standard InChI is InChI=1S/C17H18N4O3S/c22-16-6-3-11-18-21(16)13-9-7-12(8-10-13)19-17-14-4-1-2-5-15(14)25(23,24)20-17/h1-6,11-13H,7-10H2,(H,19,20). The summed E-state index contributed by atoms with van der Waals surface area (Å²) in [5.74, 6) is 0.425. The fourth-order valence-corrected chi connectivity index (χ4v) is 4.73. The number of sulfonamides is 1. The first kappa shape index (κ1) is 16.0. The number of hydrogen-bond donors (Lipinski definition) is 1. The molecule has 2 heterocycles. The largest absolute Gasteiger partial charge is 0.268 e. The zero-order valence-electron chi connectivity index (χ0n) is 13.5. The molecule has 4 rings (SSSR count). The Kier molecular flexibility index (Phi) is 3.91. The van der Waals surface area contributed by atoms with Crippen molar-refractivity contribution < 1.29 is 8.42 Å². The van der Waals surface area contributed by atoms with Crippen LogP contribution in [0.15, 0.2) is 57.3 Å². The van der Waals surface area contributed by atoms with Gasteiger partial charge in [-0.05, 0) is 43.9 Å². The zero-order chi connectivity index (χ0) is 17.4. The third-order valence-electron chi connectivity index (χ3n) is 4.73. The van der Waals surface area contributed by atoms with E-state index in [1.54, 1.807) is 36.5 Å². The van der Waals surface area contributed by atoms with Crippen molar-refractivity contribution in [2.24, 2.45) is 4.99 Å². The molecule has 1 aromatic carbocycles. The van der Waals surface area contributed by atoms with Crippen LogP contribution in [0.3, 0.4) is 0 Å². The highest BCUT2D eigenvalue weighted by atomic mass is 32.2. The molecule has 0 spiro atoms. The van der Waals surface area contributed by atoms with Gasteiger partial charge in [0.2, 0.25) is 0 Å². The minimum absolute atomic E-state index is 0.0412. The molecule has 1 N–H and O–H groups in total. The van der Waals surface area contributed by atoms with Gasteiger partial charge in [0, 0.05) is 17.8 Å². The lowest BCUT2D eigenvalue weighted by Gasteiger charge is -2.27. The average Bonchev–Trinajstić information content (AvgIpc) is 2.87. The van der Waals surface area contributed by atoms with Crippen LogP contribution in [0.2, 0.25) is 0 Å². The molecule has 1 aliphatic heterocycles. The first-order valence-corrected chi connectivity index (χ1v) is 9.77. The number of aliphatic imine (C=N–C) groups is 1. The Morgan fingerprint density at radius 2 is 1.84 bits per heavy atom. The van der Waals surface area contributed by atoms with E-state index in [4.69, 9.17) is 0 Å². The van der Waals surface area contributed by atoms with Crippen molar-refractivity contribution in [1.82, 2.24) is 14.5 Å². The Morgan fingerprint density at radius 3 is 2.60 bits per heavy atom. The van der Waals surface area contributed by atoms with Crippen LogP contribution in [-0.4, -0.2) is 30.1 Å². The van der Waals surface area contributed by atoms with Gasteiger partial charge in [-0.25, -0.2) is 13.1 Å². The molecule has 1 aliphatic carbocycles. The van der Waals surface area contributed by atoms with Crippen molar-refractivity contribution >= 4 is 15.9 Å². The second-order valence-corrected chi connectivity index (χ2v) is 8.00. The van der Waals surface area contributed by atoms with E-state index < -0.39 is 10.0 Å². The van der Waals surface area contributed by atoms with Crippen molar-refractivity contribution in [2.45, 2.75) is 42.7 Å². The lowest BCUT2D eigenvalue weighted by atomic mass is 9.91.